The number of carbonyl (C=O) groups is 2. The number of anilines is 1. The van der Waals surface area contributed by atoms with Crippen LogP contribution in [0.4, 0.5) is 5.69 Å². The Morgan fingerprint density at radius 3 is 2.67 bits per heavy atom. The Hall–Kier alpha value is -2.17. The van der Waals surface area contributed by atoms with E-state index in [1.54, 1.807) is 11.9 Å². The number of hydrazone groups is 1. The number of hydrogen-bond donors (Lipinski definition) is 1. The molecule has 2 amide bonds. The monoisotopic (exact) mass is 245 g/mol. The van der Waals surface area contributed by atoms with Gasteiger partial charge in [0.1, 0.15) is 5.71 Å². The number of hydrogen-bond acceptors (Lipinski definition) is 3. The average Bonchev–Trinajstić information content (AvgIpc) is 2.38. The zero-order valence-corrected chi connectivity index (χ0v) is 10.4. The summed E-state index contributed by atoms with van der Waals surface area (Å²) in [5, 5.41) is 3.81. The first-order chi connectivity index (χ1) is 8.59. The Morgan fingerprint density at radius 1 is 1.33 bits per heavy atom. The molecule has 5 heteroatoms. The summed E-state index contributed by atoms with van der Waals surface area (Å²) < 4.78 is 0. The Kier molecular flexibility index (Phi) is 3.41. The molecule has 1 heterocycles. The summed E-state index contributed by atoms with van der Waals surface area (Å²) in [6.07, 6.45) is 0.701. The molecular formula is C13H15N3O2. The van der Waals surface area contributed by atoms with Crippen LogP contribution in [-0.2, 0) is 9.59 Å². The van der Waals surface area contributed by atoms with Crippen molar-refractivity contribution >= 4 is 23.2 Å². The number of nitrogens with zero attached hydrogens (tertiary/aromatic N) is 2. The molecule has 0 aliphatic carbocycles. The van der Waals surface area contributed by atoms with E-state index < -0.39 is 0 Å². The molecule has 0 fully saturated rings. The molecule has 0 aromatic heterocycles. The number of para-hydroxylation sites is 1. The molecule has 0 saturated carbocycles. The first-order valence-corrected chi connectivity index (χ1v) is 5.78. The maximum absolute atomic E-state index is 12.2. The van der Waals surface area contributed by atoms with Crippen molar-refractivity contribution in [3.63, 3.8) is 0 Å². The number of nitrogens with one attached hydrogen (secondary N) is 1. The zero-order chi connectivity index (χ0) is 13.1. The van der Waals surface area contributed by atoms with Crippen molar-refractivity contribution in [2.45, 2.75) is 19.8 Å². The summed E-state index contributed by atoms with van der Waals surface area (Å²) in [6, 6.07) is 7.64. The van der Waals surface area contributed by atoms with Gasteiger partial charge < -0.3 is 4.90 Å². The lowest BCUT2D eigenvalue weighted by Gasteiger charge is -2.21. The molecule has 1 N–H and O–H groups in total. The second-order valence-corrected chi connectivity index (χ2v) is 4.24. The maximum Gasteiger partial charge on any atom is 0.274 e. The molecular weight excluding hydrogens is 230 g/mol. The molecule has 0 atom stereocenters. The van der Waals surface area contributed by atoms with Crippen LogP contribution < -0.4 is 10.3 Å². The van der Waals surface area contributed by atoms with Crippen LogP contribution in [0.1, 0.15) is 18.4 Å². The molecule has 5 nitrogen and oxygen atoms in total. The summed E-state index contributed by atoms with van der Waals surface area (Å²) in [7, 11) is 1.71. The van der Waals surface area contributed by atoms with Gasteiger partial charge >= 0.3 is 0 Å². The van der Waals surface area contributed by atoms with Crippen LogP contribution in [-0.4, -0.2) is 24.6 Å². The van der Waals surface area contributed by atoms with Crippen molar-refractivity contribution in [1.82, 2.24) is 5.43 Å². The summed E-state index contributed by atoms with van der Waals surface area (Å²) in [4.78, 5) is 24.7. The molecule has 0 radical (unpaired) electrons. The number of carbonyl (C=O) groups excluding carboxylic acids is 2. The van der Waals surface area contributed by atoms with Gasteiger partial charge in [0.2, 0.25) is 5.91 Å². The van der Waals surface area contributed by atoms with Gasteiger partial charge in [-0.25, -0.2) is 5.43 Å². The first-order valence-electron chi connectivity index (χ1n) is 5.78. The standard InChI is InChI=1S/C13H15N3O2/c1-9-5-3-4-6-11(9)16(2)13(18)10-7-8-12(17)15-14-10/h3-6H,7-8H2,1-2H3,(H,15,17). The van der Waals surface area contributed by atoms with E-state index in [0.29, 0.717) is 18.6 Å². The predicted octanol–water partition coefficient (Wildman–Crippen LogP) is 1.22. The fourth-order valence-corrected chi connectivity index (χ4v) is 1.87. The molecule has 1 aliphatic rings. The lowest BCUT2D eigenvalue weighted by Crippen LogP contribution is -2.38. The number of aryl methyl sites for hydroxylation is 1. The first kappa shape index (κ1) is 12.3. The molecule has 1 aromatic rings. The largest absolute Gasteiger partial charge is 0.310 e. The van der Waals surface area contributed by atoms with Crippen molar-refractivity contribution in [2.24, 2.45) is 5.10 Å². The van der Waals surface area contributed by atoms with Crippen LogP contribution in [0.3, 0.4) is 0 Å². The van der Waals surface area contributed by atoms with E-state index in [9.17, 15) is 9.59 Å². The van der Waals surface area contributed by atoms with Crippen molar-refractivity contribution in [3.05, 3.63) is 29.8 Å². The number of benzene rings is 1. The third-order valence-electron chi connectivity index (χ3n) is 2.93. The third kappa shape index (κ3) is 2.40. The SMILES string of the molecule is Cc1ccccc1N(C)C(=O)C1=NNC(=O)CC1. The maximum atomic E-state index is 12.2. The lowest BCUT2D eigenvalue weighted by molar-refractivity contribution is -0.121. The number of rotatable bonds is 2. The van der Waals surface area contributed by atoms with E-state index in [0.717, 1.165) is 11.3 Å². The highest BCUT2D eigenvalue weighted by Gasteiger charge is 2.22. The highest BCUT2D eigenvalue weighted by atomic mass is 16.2. The Balaban J connectivity index is 2.19. The van der Waals surface area contributed by atoms with E-state index in [1.165, 1.54) is 0 Å². The fraction of sp³-hybridized carbons (Fsp3) is 0.308. The van der Waals surface area contributed by atoms with Crippen LogP contribution >= 0.6 is 0 Å². The van der Waals surface area contributed by atoms with Crippen LogP contribution in [0.5, 0.6) is 0 Å². The molecule has 0 unspecified atom stereocenters. The zero-order valence-electron chi connectivity index (χ0n) is 10.4. The van der Waals surface area contributed by atoms with Gasteiger partial charge in [-0.3, -0.25) is 9.59 Å². The lowest BCUT2D eigenvalue weighted by atomic mass is 10.1. The molecule has 1 aliphatic heterocycles. The van der Waals surface area contributed by atoms with E-state index in [4.69, 9.17) is 0 Å². The normalized spacial score (nSPS) is 14.8. The minimum absolute atomic E-state index is 0.148. The fourth-order valence-electron chi connectivity index (χ4n) is 1.87. The van der Waals surface area contributed by atoms with Crippen LogP contribution in [0, 0.1) is 6.92 Å². The predicted molar refractivity (Wildman–Crippen MR) is 69.4 cm³/mol. The summed E-state index contributed by atoms with van der Waals surface area (Å²) in [5.41, 5.74) is 4.60. The van der Waals surface area contributed by atoms with Gasteiger partial charge in [-0.05, 0) is 18.6 Å². The van der Waals surface area contributed by atoms with Crippen molar-refractivity contribution < 1.29 is 9.59 Å². The molecule has 0 bridgehead atoms. The van der Waals surface area contributed by atoms with Gasteiger partial charge in [0.25, 0.3) is 5.91 Å². The summed E-state index contributed by atoms with van der Waals surface area (Å²) in [5.74, 6) is -0.325. The Labute approximate surface area is 105 Å². The Bertz CT molecular complexity index is 523. The van der Waals surface area contributed by atoms with E-state index in [2.05, 4.69) is 10.5 Å². The molecule has 18 heavy (non-hydrogen) atoms. The second kappa shape index (κ2) is 5.00. The highest BCUT2D eigenvalue weighted by molar-refractivity contribution is 6.44. The molecule has 2 rings (SSSR count). The molecule has 0 saturated heterocycles. The van der Waals surface area contributed by atoms with E-state index >= 15 is 0 Å². The minimum atomic E-state index is -0.177. The minimum Gasteiger partial charge on any atom is -0.310 e. The topological polar surface area (TPSA) is 61.8 Å². The smallest absolute Gasteiger partial charge is 0.274 e. The van der Waals surface area contributed by atoms with Crippen molar-refractivity contribution in [1.29, 1.82) is 0 Å². The van der Waals surface area contributed by atoms with Gasteiger partial charge in [0, 0.05) is 25.6 Å². The van der Waals surface area contributed by atoms with Crippen LogP contribution in [0.15, 0.2) is 29.4 Å². The summed E-state index contributed by atoms with van der Waals surface area (Å²) in [6.45, 7) is 1.95. The molecule has 1 aromatic carbocycles. The van der Waals surface area contributed by atoms with Gasteiger partial charge in [0.15, 0.2) is 0 Å². The van der Waals surface area contributed by atoms with Crippen molar-refractivity contribution in [3.8, 4) is 0 Å². The van der Waals surface area contributed by atoms with Crippen LogP contribution in [0.2, 0.25) is 0 Å². The van der Waals surface area contributed by atoms with Gasteiger partial charge in [-0.1, -0.05) is 18.2 Å². The van der Waals surface area contributed by atoms with Gasteiger partial charge in [-0.2, -0.15) is 5.10 Å². The third-order valence-corrected chi connectivity index (χ3v) is 2.93. The second-order valence-electron chi connectivity index (χ2n) is 4.24. The number of amides is 2. The quantitative estimate of drug-likeness (QED) is 0.851. The van der Waals surface area contributed by atoms with Gasteiger partial charge in [-0.15, -0.1) is 0 Å². The van der Waals surface area contributed by atoms with Crippen LogP contribution in [0.25, 0.3) is 0 Å². The molecule has 0 spiro atoms. The van der Waals surface area contributed by atoms with E-state index in [1.807, 2.05) is 31.2 Å². The Morgan fingerprint density at radius 2 is 2.06 bits per heavy atom. The van der Waals surface area contributed by atoms with E-state index in [-0.39, 0.29) is 11.8 Å². The summed E-state index contributed by atoms with van der Waals surface area (Å²) >= 11 is 0. The molecule has 94 valence electrons. The van der Waals surface area contributed by atoms with Gasteiger partial charge in [0.05, 0.1) is 0 Å². The van der Waals surface area contributed by atoms with Crippen molar-refractivity contribution in [2.75, 3.05) is 11.9 Å². The average molecular weight is 245 g/mol. The highest BCUT2D eigenvalue weighted by Crippen LogP contribution is 2.18.